The summed E-state index contributed by atoms with van der Waals surface area (Å²) in [5.74, 6) is -0.123. The summed E-state index contributed by atoms with van der Waals surface area (Å²) < 4.78 is 0.722. The van der Waals surface area contributed by atoms with E-state index in [4.69, 9.17) is 0 Å². The lowest BCUT2D eigenvalue weighted by atomic mass is 10.3. The first-order valence-electron chi connectivity index (χ1n) is 7.90. The Morgan fingerprint density at radius 3 is 2.76 bits per heavy atom. The van der Waals surface area contributed by atoms with E-state index in [1.54, 1.807) is 0 Å². The molecule has 1 heterocycles. The fourth-order valence-electron chi connectivity index (χ4n) is 1.91. The molecule has 0 spiro atoms. The van der Waals surface area contributed by atoms with Crippen LogP contribution in [0.15, 0.2) is 28.6 Å². The molecule has 2 aromatic rings. The standard InChI is InChI=1S/C16H21N5O2S2/c1-4-8-17-14(23)10(2)24-16-21-20-15(25-16)19-13-7-5-6-12(9-13)18-11(3)22/h5-7,9-10H,4,8H2,1-3H3,(H,17,23)(H,18,22)(H,19,20). The Balaban J connectivity index is 1.95. The molecule has 1 aromatic carbocycles. The first-order chi connectivity index (χ1) is 12.0. The van der Waals surface area contributed by atoms with E-state index in [1.807, 2.05) is 38.1 Å². The molecule has 1 aromatic heterocycles. The van der Waals surface area contributed by atoms with Crippen molar-refractivity contribution in [2.24, 2.45) is 0 Å². The molecule has 7 nitrogen and oxygen atoms in total. The number of anilines is 3. The van der Waals surface area contributed by atoms with Gasteiger partial charge in [0.15, 0.2) is 4.34 Å². The molecular formula is C16H21N5O2S2. The summed E-state index contributed by atoms with van der Waals surface area (Å²) in [5, 5.41) is 17.4. The number of aromatic nitrogens is 2. The minimum atomic E-state index is -0.226. The number of nitrogens with zero attached hydrogens (tertiary/aromatic N) is 2. The fraction of sp³-hybridized carbons (Fsp3) is 0.375. The molecule has 134 valence electrons. The van der Waals surface area contributed by atoms with Crippen LogP contribution in [0.1, 0.15) is 27.2 Å². The highest BCUT2D eigenvalue weighted by Crippen LogP contribution is 2.30. The van der Waals surface area contributed by atoms with E-state index in [9.17, 15) is 9.59 Å². The summed E-state index contributed by atoms with van der Waals surface area (Å²) in [7, 11) is 0. The second-order valence-electron chi connectivity index (χ2n) is 5.31. The van der Waals surface area contributed by atoms with E-state index in [2.05, 4.69) is 26.1 Å². The van der Waals surface area contributed by atoms with Crippen molar-refractivity contribution in [1.82, 2.24) is 15.5 Å². The maximum Gasteiger partial charge on any atom is 0.233 e. The first kappa shape index (κ1) is 19.2. The lowest BCUT2D eigenvalue weighted by Crippen LogP contribution is -2.31. The van der Waals surface area contributed by atoms with Gasteiger partial charge in [0, 0.05) is 24.8 Å². The number of rotatable bonds is 8. The lowest BCUT2D eigenvalue weighted by molar-refractivity contribution is -0.120. The average molecular weight is 380 g/mol. The third-order valence-corrected chi connectivity index (χ3v) is 5.06. The van der Waals surface area contributed by atoms with Crippen LogP contribution in [0.4, 0.5) is 16.5 Å². The van der Waals surface area contributed by atoms with Crippen LogP contribution < -0.4 is 16.0 Å². The quantitative estimate of drug-likeness (QED) is 0.609. The van der Waals surface area contributed by atoms with E-state index in [0.717, 1.165) is 16.4 Å². The zero-order valence-corrected chi connectivity index (χ0v) is 16.0. The molecule has 1 unspecified atom stereocenters. The number of amides is 2. The van der Waals surface area contributed by atoms with Gasteiger partial charge in [0.05, 0.1) is 5.25 Å². The summed E-state index contributed by atoms with van der Waals surface area (Å²) in [6.07, 6.45) is 0.910. The van der Waals surface area contributed by atoms with Crippen molar-refractivity contribution >= 4 is 51.4 Å². The highest BCUT2D eigenvalue weighted by molar-refractivity contribution is 8.02. The van der Waals surface area contributed by atoms with Gasteiger partial charge in [0.25, 0.3) is 0 Å². The molecule has 1 atom stereocenters. The van der Waals surface area contributed by atoms with Crippen molar-refractivity contribution in [2.45, 2.75) is 36.8 Å². The van der Waals surface area contributed by atoms with Gasteiger partial charge in [-0.1, -0.05) is 36.1 Å². The number of nitrogens with one attached hydrogen (secondary N) is 3. The smallest absolute Gasteiger partial charge is 0.233 e. The molecule has 0 aliphatic heterocycles. The molecule has 0 aliphatic rings. The number of thioether (sulfide) groups is 1. The molecule has 25 heavy (non-hydrogen) atoms. The van der Waals surface area contributed by atoms with E-state index in [-0.39, 0.29) is 17.1 Å². The maximum absolute atomic E-state index is 11.9. The number of carbonyl (C=O) groups excluding carboxylic acids is 2. The Kier molecular flexibility index (Phi) is 7.20. The van der Waals surface area contributed by atoms with Crippen molar-refractivity contribution in [3.05, 3.63) is 24.3 Å². The Bertz CT molecular complexity index is 735. The van der Waals surface area contributed by atoms with E-state index < -0.39 is 0 Å². The Morgan fingerprint density at radius 2 is 2.04 bits per heavy atom. The van der Waals surface area contributed by atoms with Crippen LogP contribution in [0, 0.1) is 0 Å². The minimum Gasteiger partial charge on any atom is -0.355 e. The van der Waals surface area contributed by atoms with Crippen LogP contribution in [0.2, 0.25) is 0 Å². The third kappa shape index (κ3) is 6.35. The molecule has 0 fully saturated rings. The number of carbonyl (C=O) groups is 2. The van der Waals surface area contributed by atoms with Gasteiger partial charge in [-0.15, -0.1) is 10.2 Å². The SMILES string of the molecule is CCCNC(=O)C(C)Sc1nnc(Nc2cccc(NC(C)=O)c2)s1. The third-order valence-electron chi connectivity index (χ3n) is 3.04. The van der Waals surface area contributed by atoms with Crippen molar-refractivity contribution in [2.75, 3.05) is 17.2 Å². The minimum absolute atomic E-state index is 0.000400. The second kappa shape index (κ2) is 9.38. The van der Waals surface area contributed by atoms with Crippen LogP contribution in [0.5, 0.6) is 0 Å². The molecular weight excluding hydrogens is 358 g/mol. The van der Waals surface area contributed by atoms with Gasteiger partial charge < -0.3 is 16.0 Å². The van der Waals surface area contributed by atoms with Gasteiger partial charge in [-0.25, -0.2) is 0 Å². The van der Waals surface area contributed by atoms with Crippen molar-refractivity contribution in [3.8, 4) is 0 Å². The summed E-state index contributed by atoms with van der Waals surface area (Å²) in [6, 6.07) is 7.34. The topological polar surface area (TPSA) is 96.0 Å². The highest BCUT2D eigenvalue weighted by Gasteiger charge is 2.16. The Morgan fingerprint density at radius 1 is 1.28 bits per heavy atom. The molecule has 0 bridgehead atoms. The number of hydrogen-bond donors (Lipinski definition) is 3. The van der Waals surface area contributed by atoms with Gasteiger partial charge >= 0.3 is 0 Å². The van der Waals surface area contributed by atoms with Crippen LogP contribution in [0.3, 0.4) is 0 Å². The van der Waals surface area contributed by atoms with Gasteiger partial charge in [-0.05, 0) is 31.5 Å². The summed E-state index contributed by atoms with van der Waals surface area (Å²) in [4.78, 5) is 23.0. The fourth-order valence-corrected chi connectivity index (χ4v) is 3.85. The predicted octanol–water partition coefficient (Wildman–Crippen LogP) is 3.25. The van der Waals surface area contributed by atoms with E-state index >= 15 is 0 Å². The zero-order valence-electron chi connectivity index (χ0n) is 14.3. The van der Waals surface area contributed by atoms with Crippen LogP contribution in [-0.4, -0.2) is 33.8 Å². The van der Waals surface area contributed by atoms with Crippen LogP contribution in [-0.2, 0) is 9.59 Å². The van der Waals surface area contributed by atoms with Crippen LogP contribution in [0.25, 0.3) is 0 Å². The summed E-state index contributed by atoms with van der Waals surface area (Å²) in [5.41, 5.74) is 1.51. The van der Waals surface area contributed by atoms with Gasteiger partial charge in [0.1, 0.15) is 0 Å². The average Bonchev–Trinajstić information content (AvgIpc) is 2.99. The molecule has 9 heteroatoms. The molecule has 3 N–H and O–H groups in total. The molecule has 0 aliphatic carbocycles. The lowest BCUT2D eigenvalue weighted by Gasteiger charge is -2.08. The highest BCUT2D eigenvalue weighted by atomic mass is 32.2. The molecule has 0 saturated carbocycles. The molecule has 2 rings (SSSR count). The van der Waals surface area contributed by atoms with Crippen LogP contribution >= 0.6 is 23.1 Å². The first-order valence-corrected chi connectivity index (χ1v) is 9.60. The Labute approximate surface area is 155 Å². The summed E-state index contributed by atoms with van der Waals surface area (Å²) >= 11 is 2.76. The van der Waals surface area contributed by atoms with E-state index in [1.165, 1.54) is 30.0 Å². The van der Waals surface area contributed by atoms with Crippen molar-refractivity contribution < 1.29 is 9.59 Å². The van der Waals surface area contributed by atoms with E-state index in [0.29, 0.717) is 17.4 Å². The summed E-state index contributed by atoms with van der Waals surface area (Å²) in [6.45, 7) is 6.01. The maximum atomic E-state index is 11.9. The van der Waals surface area contributed by atoms with Crippen molar-refractivity contribution in [1.29, 1.82) is 0 Å². The number of benzene rings is 1. The number of hydrogen-bond acceptors (Lipinski definition) is 7. The monoisotopic (exact) mass is 379 g/mol. The van der Waals surface area contributed by atoms with Gasteiger partial charge in [-0.2, -0.15) is 0 Å². The normalized spacial score (nSPS) is 11.6. The largest absolute Gasteiger partial charge is 0.355 e. The molecule has 0 saturated heterocycles. The second-order valence-corrected chi connectivity index (χ2v) is 7.88. The van der Waals surface area contributed by atoms with Crippen molar-refractivity contribution in [3.63, 3.8) is 0 Å². The van der Waals surface area contributed by atoms with Gasteiger partial charge in [0.2, 0.25) is 16.9 Å². The Hall–Kier alpha value is -2.13. The van der Waals surface area contributed by atoms with Gasteiger partial charge in [-0.3, -0.25) is 9.59 Å². The molecule has 2 amide bonds. The molecule has 0 radical (unpaired) electrons. The predicted molar refractivity (Wildman–Crippen MR) is 103 cm³/mol. The zero-order chi connectivity index (χ0) is 18.2.